The van der Waals surface area contributed by atoms with Gasteiger partial charge in [0.25, 0.3) is 0 Å². The minimum absolute atomic E-state index is 0. The second kappa shape index (κ2) is 17.8. The average molecular weight is 1190 g/mol. The first kappa shape index (κ1) is 46.7. The van der Waals surface area contributed by atoms with Gasteiger partial charge in [-0.2, -0.15) is 0 Å². The summed E-state index contributed by atoms with van der Waals surface area (Å²) in [4.78, 5) is 4.74. The van der Waals surface area contributed by atoms with Crippen LogP contribution in [-0.4, -0.2) is 14.1 Å². The monoisotopic (exact) mass is 1190 g/mol. The maximum absolute atomic E-state index is 4.74. The number of hydrogen-bond acceptors (Lipinski definition) is 1. The number of rotatable bonds is 6. The van der Waals surface area contributed by atoms with E-state index >= 15 is 0 Å². The molecule has 4 aliphatic rings. The quantitative estimate of drug-likeness (QED) is 0.152. The summed E-state index contributed by atoms with van der Waals surface area (Å²) < 4.78 is 4.98. The Morgan fingerprint density at radius 1 is 0.342 bits per heavy atom. The van der Waals surface area contributed by atoms with Crippen LogP contribution in [0.1, 0.15) is 73.6 Å². The molecule has 0 amide bonds. The molecular formula is C75H54IrN3-. The van der Waals surface area contributed by atoms with E-state index in [0.29, 0.717) is 0 Å². The molecule has 79 heavy (non-hydrogen) atoms. The summed E-state index contributed by atoms with van der Waals surface area (Å²) in [5, 5.41) is 5.20. The van der Waals surface area contributed by atoms with E-state index in [2.05, 4.69) is 234 Å². The first-order valence-electron chi connectivity index (χ1n) is 28.3. The van der Waals surface area contributed by atoms with Crippen molar-refractivity contribution in [2.24, 2.45) is 0 Å². The van der Waals surface area contributed by atoms with Crippen molar-refractivity contribution in [3.05, 3.63) is 259 Å². The molecule has 2 saturated carbocycles. The topological polar surface area (TPSA) is 22.8 Å². The zero-order valence-electron chi connectivity index (χ0n) is 43.8. The molecule has 3 heterocycles. The van der Waals surface area contributed by atoms with Gasteiger partial charge in [-0.15, -0.1) is 35.4 Å². The number of benzene rings is 10. The largest absolute Gasteiger partial charge is 0.309 e. The number of hydrogen-bond donors (Lipinski definition) is 0. The number of aromatic nitrogens is 3. The number of fused-ring (bicyclic) bond motifs is 16. The molecule has 4 aliphatic carbocycles. The van der Waals surface area contributed by atoms with Crippen LogP contribution in [-0.2, 0) is 30.9 Å². The van der Waals surface area contributed by atoms with Crippen molar-refractivity contribution in [1.82, 2.24) is 14.1 Å². The van der Waals surface area contributed by atoms with Crippen LogP contribution in [0.3, 0.4) is 0 Å². The van der Waals surface area contributed by atoms with E-state index in [4.69, 9.17) is 4.98 Å². The van der Waals surface area contributed by atoms with E-state index < -0.39 is 0 Å². The third-order valence-electron chi connectivity index (χ3n) is 19.0. The summed E-state index contributed by atoms with van der Waals surface area (Å²) in [7, 11) is 0. The summed E-state index contributed by atoms with van der Waals surface area (Å²) >= 11 is 0. The second-order valence-corrected chi connectivity index (χ2v) is 22.8. The van der Waals surface area contributed by atoms with Crippen molar-refractivity contribution in [3.63, 3.8) is 0 Å². The SMILES string of the molecule is [Ir].[c-]1ccc(-c2cc(-c3ccc4c(c3)C3(CCCC3)c3cc(-n5c6ccccc6c6ccccc65)ccc3-4)cc(-c3ccc4c(c3)C3(CCCC3)c3cc(-n5c6ccccc6c6ccccc65)ccc3-4)c2)cc1-c1ccccn1. The molecule has 2 fully saturated rings. The molecule has 0 atom stereocenters. The van der Waals surface area contributed by atoms with Gasteiger partial charge in [0.2, 0.25) is 0 Å². The van der Waals surface area contributed by atoms with Crippen LogP contribution in [0.25, 0.3) is 122 Å². The van der Waals surface area contributed by atoms with E-state index in [0.717, 1.165) is 42.5 Å². The van der Waals surface area contributed by atoms with Gasteiger partial charge in [-0.1, -0.05) is 147 Å². The van der Waals surface area contributed by atoms with Crippen LogP contribution in [0.2, 0.25) is 0 Å². The third kappa shape index (κ3) is 6.84. The number of nitrogens with zero attached hydrogens (tertiary/aromatic N) is 3. The second-order valence-electron chi connectivity index (χ2n) is 22.8. The molecule has 10 aromatic carbocycles. The van der Waals surface area contributed by atoms with Gasteiger partial charge < -0.3 is 14.1 Å². The van der Waals surface area contributed by atoms with Gasteiger partial charge in [0, 0.05) is 70.1 Å². The smallest absolute Gasteiger partial charge is 0.0541 e. The Kier molecular flexibility index (Phi) is 10.5. The van der Waals surface area contributed by atoms with E-state index in [9.17, 15) is 0 Å². The molecule has 13 aromatic rings. The molecule has 0 saturated heterocycles. The summed E-state index contributed by atoms with van der Waals surface area (Å²) in [5.74, 6) is 0. The minimum Gasteiger partial charge on any atom is -0.309 e. The fourth-order valence-electron chi connectivity index (χ4n) is 15.5. The summed E-state index contributed by atoms with van der Waals surface area (Å²) in [6.45, 7) is 0. The molecule has 2 spiro atoms. The van der Waals surface area contributed by atoms with Crippen LogP contribution in [0.15, 0.2) is 231 Å². The molecule has 3 nitrogen and oxygen atoms in total. The van der Waals surface area contributed by atoms with Crippen molar-refractivity contribution in [2.45, 2.75) is 62.2 Å². The van der Waals surface area contributed by atoms with Gasteiger partial charge in [-0.3, -0.25) is 0 Å². The van der Waals surface area contributed by atoms with E-state index in [1.165, 1.54) is 153 Å². The molecule has 0 unspecified atom stereocenters. The van der Waals surface area contributed by atoms with Gasteiger partial charge in [-0.25, -0.2) is 0 Å². The first-order valence-corrected chi connectivity index (χ1v) is 28.3. The van der Waals surface area contributed by atoms with E-state index in [-0.39, 0.29) is 30.9 Å². The van der Waals surface area contributed by atoms with E-state index in [1.807, 2.05) is 12.3 Å². The Hall–Kier alpha value is -8.40. The summed E-state index contributed by atoms with van der Waals surface area (Å²) in [6.07, 6.45) is 11.5. The molecule has 0 bridgehead atoms. The summed E-state index contributed by atoms with van der Waals surface area (Å²) in [6, 6.07) is 88.7. The van der Waals surface area contributed by atoms with Crippen LogP contribution >= 0.6 is 0 Å². The molecular weight excluding hydrogens is 1140 g/mol. The van der Waals surface area contributed by atoms with Gasteiger partial charge >= 0.3 is 0 Å². The van der Waals surface area contributed by atoms with Gasteiger partial charge in [0.15, 0.2) is 0 Å². The maximum atomic E-state index is 4.74. The predicted octanol–water partition coefficient (Wildman–Crippen LogP) is 19.4. The number of para-hydroxylation sites is 4. The Balaban J connectivity index is 0.00000520. The molecule has 4 heteroatoms. The molecule has 379 valence electrons. The predicted molar refractivity (Wildman–Crippen MR) is 323 cm³/mol. The zero-order chi connectivity index (χ0) is 51.1. The molecule has 1 radical (unpaired) electrons. The van der Waals surface area contributed by atoms with Crippen molar-refractivity contribution in [2.75, 3.05) is 0 Å². The van der Waals surface area contributed by atoms with Crippen LogP contribution in [0.5, 0.6) is 0 Å². The van der Waals surface area contributed by atoms with Crippen molar-refractivity contribution in [1.29, 1.82) is 0 Å². The Labute approximate surface area is 474 Å². The van der Waals surface area contributed by atoms with Crippen molar-refractivity contribution < 1.29 is 20.1 Å². The third-order valence-corrected chi connectivity index (χ3v) is 19.0. The Morgan fingerprint density at radius 3 is 1.14 bits per heavy atom. The Morgan fingerprint density at radius 2 is 0.722 bits per heavy atom. The van der Waals surface area contributed by atoms with E-state index in [1.54, 1.807) is 0 Å². The fourth-order valence-corrected chi connectivity index (χ4v) is 15.5. The molecule has 0 aliphatic heterocycles. The first-order chi connectivity index (χ1) is 38.6. The normalized spacial score (nSPS) is 15.3. The fraction of sp³-hybridized carbons (Fsp3) is 0.133. The summed E-state index contributed by atoms with van der Waals surface area (Å²) in [5.41, 5.74) is 28.3. The molecule has 17 rings (SSSR count). The standard InChI is InChI=1S/C75H54N3.Ir/c1-5-23-70-61(18-1)62-19-2-6-24-71(62)77(70)55-29-33-59-57-31-27-49(44-65(57)74(67(59)46-55)35-10-11-36-74)53-41-52(48-16-15-17-51(40-48)69-22-9-14-39-76-69)42-54(43-53)50-28-32-58-60-34-30-56(47-68(60)75(66(58)45-50)37-12-13-38-75)78-72-25-7-3-20-63(72)64-21-4-8-26-73(64)78;/h1-9,14-16,18-34,39-47H,10-13,35-38H2;/q-1;. The van der Waals surface area contributed by atoms with Gasteiger partial charge in [0.05, 0.1) is 22.1 Å². The van der Waals surface area contributed by atoms with Gasteiger partial charge in [0.1, 0.15) is 0 Å². The Bertz CT molecular complexity index is 4280. The van der Waals surface area contributed by atoms with Gasteiger partial charge in [-0.05, 0) is 189 Å². The van der Waals surface area contributed by atoms with Crippen molar-refractivity contribution >= 4 is 43.6 Å². The zero-order valence-corrected chi connectivity index (χ0v) is 46.2. The molecule has 3 aromatic heterocycles. The number of pyridine rings is 1. The van der Waals surface area contributed by atoms with Crippen LogP contribution in [0, 0.1) is 6.07 Å². The van der Waals surface area contributed by atoms with Crippen LogP contribution in [0.4, 0.5) is 0 Å². The maximum Gasteiger partial charge on any atom is 0.0541 e. The molecule has 0 N–H and O–H groups in total. The van der Waals surface area contributed by atoms with Crippen LogP contribution < -0.4 is 0 Å². The van der Waals surface area contributed by atoms with Crippen molar-refractivity contribution in [3.8, 4) is 78.3 Å². The minimum atomic E-state index is -0.0330. The average Bonchev–Trinajstić information content (AvgIpc) is 4.58.